The van der Waals surface area contributed by atoms with Crippen molar-refractivity contribution in [1.29, 1.82) is 0 Å². The molecule has 0 aliphatic carbocycles. The third-order valence-corrected chi connectivity index (χ3v) is 3.81. The first-order valence-electron chi connectivity index (χ1n) is 8.76. The molecule has 2 aromatic rings. The van der Waals surface area contributed by atoms with E-state index in [2.05, 4.69) is 10.9 Å². The van der Waals surface area contributed by atoms with Crippen molar-refractivity contribution in [3.05, 3.63) is 58.6 Å². The fraction of sp³-hybridized carbons (Fsp3) is 0.300. The molecule has 2 aromatic carbocycles. The van der Waals surface area contributed by atoms with E-state index in [-0.39, 0.29) is 12.3 Å². The molecule has 0 atom stereocenters. The summed E-state index contributed by atoms with van der Waals surface area (Å²) in [4.78, 5) is 24.3. The van der Waals surface area contributed by atoms with Crippen LogP contribution in [0.2, 0.25) is 5.02 Å². The number of carbonyl (C=O) groups excluding carboxylic acids is 2. The van der Waals surface area contributed by atoms with Gasteiger partial charge in [-0.2, -0.15) is 0 Å². The quantitative estimate of drug-likeness (QED) is 0.676. The number of halogens is 1. The van der Waals surface area contributed by atoms with Crippen LogP contribution in [-0.4, -0.2) is 25.0 Å². The van der Waals surface area contributed by atoms with Gasteiger partial charge in [-0.25, -0.2) is 0 Å². The molecule has 0 aliphatic heterocycles. The van der Waals surface area contributed by atoms with E-state index in [4.69, 9.17) is 21.1 Å². The van der Waals surface area contributed by atoms with Crippen molar-refractivity contribution in [3.63, 3.8) is 0 Å². The zero-order valence-corrected chi connectivity index (χ0v) is 16.1. The van der Waals surface area contributed by atoms with Gasteiger partial charge in [-0.15, -0.1) is 0 Å². The Morgan fingerprint density at radius 1 is 0.963 bits per heavy atom. The van der Waals surface area contributed by atoms with E-state index < -0.39 is 5.91 Å². The summed E-state index contributed by atoms with van der Waals surface area (Å²) >= 11 is 5.82. The van der Waals surface area contributed by atoms with Crippen molar-refractivity contribution in [2.24, 2.45) is 0 Å². The number of carbonyl (C=O) groups is 2. The van der Waals surface area contributed by atoms with Crippen LogP contribution in [0.25, 0.3) is 0 Å². The number of ether oxygens (including phenoxy) is 2. The van der Waals surface area contributed by atoms with Crippen LogP contribution in [0.15, 0.2) is 42.5 Å². The van der Waals surface area contributed by atoms with Gasteiger partial charge in [0.15, 0.2) is 11.5 Å². The molecule has 6 nitrogen and oxygen atoms in total. The number of nitrogens with one attached hydrogen (secondary N) is 2. The number of hydrogen-bond donors (Lipinski definition) is 2. The maximum absolute atomic E-state index is 12.3. The maximum atomic E-state index is 12.3. The smallest absolute Gasteiger partial charge is 0.269 e. The van der Waals surface area contributed by atoms with E-state index in [9.17, 15) is 9.59 Å². The van der Waals surface area contributed by atoms with Crippen molar-refractivity contribution in [1.82, 2.24) is 10.9 Å². The van der Waals surface area contributed by atoms with Crippen LogP contribution in [0.4, 0.5) is 0 Å². The minimum atomic E-state index is -0.442. The Hall–Kier alpha value is -2.73. The minimum Gasteiger partial charge on any atom is -0.490 e. The van der Waals surface area contributed by atoms with E-state index in [0.29, 0.717) is 35.3 Å². The second-order valence-corrected chi connectivity index (χ2v) is 6.18. The van der Waals surface area contributed by atoms with Crippen molar-refractivity contribution < 1.29 is 19.1 Å². The highest BCUT2D eigenvalue weighted by Crippen LogP contribution is 2.28. The zero-order chi connectivity index (χ0) is 19.6. The zero-order valence-electron chi connectivity index (χ0n) is 15.4. The Kier molecular flexibility index (Phi) is 7.95. The Bertz CT molecular complexity index is 778. The Balaban J connectivity index is 1.95. The van der Waals surface area contributed by atoms with Crippen LogP contribution in [0.1, 0.15) is 36.2 Å². The van der Waals surface area contributed by atoms with Gasteiger partial charge in [0.2, 0.25) is 5.91 Å². The highest BCUT2D eigenvalue weighted by molar-refractivity contribution is 6.30. The van der Waals surface area contributed by atoms with Crippen molar-refractivity contribution >= 4 is 23.4 Å². The van der Waals surface area contributed by atoms with Crippen LogP contribution >= 0.6 is 11.6 Å². The van der Waals surface area contributed by atoms with E-state index >= 15 is 0 Å². The maximum Gasteiger partial charge on any atom is 0.269 e. The molecule has 0 saturated heterocycles. The molecule has 2 N–H and O–H groups in total. The van der Waals surface area contributed by atoms with Crippen molar-refractivity contribution in [2.45, 2.75) is 26.7 Å². The highest BCUT2D eigenvalue weighted by atomic mass is 35.5. The second-order valence-electron chi connectivity index (χ2n) is 5.75. The molecule has 0 spiro atoms. The molecule has 0 fully saturated rings. The monoisotopic (exact) mass is 390 g/mol. The lowest BCUT2D eigenvalue weighted by molar-refractivity contribution is -0.121. The second kappa shape index (κ2) is 10.4. The predicted molar refractivity (Wildman–Crippen MR) is 104 cm³/mol. The molecule has 0 bridgehead atoms. The number of amides is 2. The first-order chi connectivity index (χ1) is 13.0. The van der Waals surface area contributed by atoms with Gasteiger partial charge in [0.1, 0.15) is 0 Å². The normalized spacial score (nSPS) is 10.2. The van der Waals surface area contributed by atoms with Crippen LogP contribution in [0, 0.1) is 0 Å². The summed E-state index contributed by atoms with van der Waals surface area (Å²) in [6.45, 7) is 4.87. The summed E-state index contributed by atoms with van der Waals surface area (Å²) < 4.78 is 11.1. The molecule has 0 radical (unpaired) electrons. The molecule has 27 heavy (non-hydrogen) atoms. The third kappa shape index (κ3) is 6.49. The van der Waals surface area contributed by atoms with Crippen LogP contribution < -0.4 is 20.3 Å². The highest BCUT2D eigenvalue weighted by Gasteiger charge is 2.12. The van der Waals surface area contributed by atoms with Gasteiger partial charge in [0, 0.05) is 10.6 Å². The standard InChI is InChI=1S/C20H23ClN2O4/c1-3-11-27-17-10-7-15(13-18(17)26-4-2)20(25)23-22-19(24)12-14-5-8-16(21)9-6-14/h5-10,13H,3-4,11-12H2,1-2H3,(H,22,24)(H,23,25). The van der Waals surface area contributed by atoms with Gasteiger partial charge < -0.3 is 9.47 Å². The van der Waals surface area contributed by atoms with Gasteiger partial charge in [0.05, 0.1) is 19.6 Å². The molecular formula is C20H23ClN2O4. The molecule has 0 saturated carbocycles. The third-order valence-electron chi connectivity index (χ3n) is 3.56. The van der Waals surface area contributed by atoms with Crippen molar-refractivity contribution in [2.75, 3.05) is 13.2 Å². The largest absolute Gasteiger partial charge is 0.490 e. The summed E-state index contributed by atoms with van der Waals surface area (Å²) in [6.07, 6.45) is 0.999. The summed E-state index contributed by atoms with van der Waals surface area (Å²) in [5.74, 6) is 0.300. The van der Waals surface area contributed by atoms with E-state index in [0.717, 1.165) is 12.0 Å². The SMILES string of the molecule is CCCOc1ccc(C(=O)NNC(=O)Cc2ccc(Cl)cc2)cc1OCC. The fourth-order valence-corrected chi connectivity index (χ4v) is 2.41. The van der Waals surface area contributed by atoms with E-state index in [1.54, 1.807) is 42.5 Å². The Morgan fingerprint density at radius 3 is 2.37 bits per heavy atom. The van der Waals surface area contributed by atoms with Crippen LogP contribution in [0.3, 0.4) is 0 Å². The van der Waals surface area contributed by atoms with Gasteiger partial charge >= 0.3 is 0 Å². The molecular weight excluding hydrogens is 368 g/mol. The van der Waals surface area contributed by atoms with Crippen molar-refractivity contribution in [3.8, 4) is 11.5 Å². The lowest BCUT2D eigenvalue weighted by Crippen LogP contribution is -2.42. The topological polar surface area (TPSA) is 76.7 Å². The molecule has 0 unspecified atom stereocenters. The fourth-order valence-electron chi connectivity index (χ4n) is 2.28. The first kappa shape index (κ1) is 20.6. The number of rotatable bonds is 8. The lowest BCUT2D eigenvalue weighted by Gasteiger charge is -2.13. The molecule has 0 aliphatic rings. The predicted octanol–water partition coefficient (Wildman–Crippen LogP) is 3.53. The molecule has 2 rings (SSSR count). The number of hydrazine groups is 1. The molecule has 2 amide bonds. The van der Waals surface area contributed by atoms with Crippen LogP contribution in [-0.2, 0) is 11.2 Å². The Morgan fingerprint density at radius 2 is 1.70 bits per heavy atom. The Labute approximate surface area is 163 Å². The molecule has 7 heteroatoms. The van der Waals surface area contributed by atoms with Gasteiger partial charge in [0.25, 0.3) is 5.91 Å². The first-order valence-corrected chi connectivity index (χ1v) is 9.14. The minimum absolute atomic E-state index is 0.130. The molecule has 0 heterocycles. The summed E-state index contributed by atoms with van der Waals surface area (Å²) in [7, 11) is 0. The molecule has 144 valence electrons. The number of benzene rings is 2. The summed E-state index contributed by atoms with van der Waals surface area (Å²) in [5.41, 5.74) is 5.95. The van der Waals surface area contributed by atoms with Gasteiger partial charge in [-0.05, 0) is 49.2 Å². The van der Waals surface area contributed by atoms with E-state index in [1.165, 1.54) is 0 Å². The summed E-state index contributed by atoms with van der Waals surface area (Å²) in [5, 5.41) is 0.601. The van der Waals surface area contributed by atoms with E-state index in [1.807, 2.05) is 13.8 Å². The summed E-state index contributed by atoms with van der Waals surface area (Å²) in [6, 6.07) is 11.8. The average Bonchev–Trinajstić information content (AvgIpc) is 2.67. The average molecular weight is 391 g/mol. The molecule has 0 aromatic heterocycles. The lowest BCUT2D eigenvalue weighted by atomic mass is 10.1. The van der Waals surface area contributed by atoms with Gasteiger partial charge in [-0.3, -0.25) is 20.4 Å². The van der Waals surface area contributed by atoms with Gasteiger partial charge in [-0.1, -0.05) is 30.7 Å². The number of hydrogen-bond acceptors (Lipinski definition) is 4. The van der Waals surface area contributed by atoms with Crippen LogP contribution in [0.5, 0.6) is 11.5 Å².